The van der Waals surface area contributed by atoms with Crippen molar-refractivity contribution >= 4 is 40.3 Å². The molecular weight excluding hydrogens is 522 g/mol. The van der Waals surface area contributed by atoms with Gasteiger partial charge in [0.1, 0.15) is 11.9 Å². The fourth-order valence-corrected chi connectivity index (χ4v) is 5.34. The summed E-state index contributed by atoms with van der Waals surface area (Å²) in [6.45, 7) is 0.504. The van der Waals surface area contributed by atoms with Crippen molar-refractivity contribution in [1.29, 1.82) is 0 Å². The molecule has 7 heteroatoms. The quantitative estimate of drug-likeness (QED) is 0.209. The molecule has 2 amide bonds. The third-order valence-corrected chi connectivity index (χ3v) is 7.51. The molecule has 208 valence electrons. The van der Waals surface area contributed by atoms with Crippen LogP contribution in [0.25, 0.3) is 17.0 Å². The van der Waals surface area contributed by atoms with Crippen molar-refractivity contribution in [1.82, 2.24) is 14.5 Å². The van der Waals surface area contributed by atoms with E-state index in [1.807, 2.05) is 85.9 Å². The first-order valence-corrected chi connectivity index (χ1v) is 13.9. The Hall–Kier alpha value is -5.30. The minimum absolute atomic E-state index is 0.105. The summed E-state index contributed by atoms with van der Waals surface area (Å²) < 4.78 is 2.08. The highest BCUT2D eigenvalue weighted by molar-refractivity contribution is 6.14. The van der Waals surface area contributed by atoms with Gasteiger partial charge in [0.25, 0.3) is 5.91 Å². The van der Waals surface area contributed by atoms with Crippen LogP contribution in [-0.2, 0) is 29.6 Å². The number of rotatable bonds is 7. The van der Waals surface area contributed by atoms with Crippen molar-refractivity contribution in [2.24, 2.45) is 12.0 Å². The van der Waals surface area contributed by atoms with Crippen LogP contribution in [0.3, 0.4) is 0 Å². The van der Waals surface area contributed by atoms with E-state index in [9.17, 15) is 9.59 Å². The van der Waals surface area contributed by atoms with Gasteiger partial charge in [-0.2, -0.15) is 0 Å². The lowest BCUT2D eigenvalue weighted by Gasteiger charge is -2.22. The fraction of sp³-hybridized carbons (Fsp3) is 0.143. The van der Waals surface area contributed by atoms with Crippen molar-refractivity contribution < 1.29 is 9.59 Å². The van der Waals surface area contributed by atoms with Crippen LogP contribution in [0, 0.1) is 0 Å². The number of fused-ring (bicyclic) bond motifs is 2. The van der Waals surface area contributed by atoms with Gasteiger partial charge in [-0.15, -0.1) is 0 Å². The standard InChI is InChI=1S/C35H31N5O2/c1-39-22-28(29-15-9-10-16-31(29)39)23-40(2)32(41)18-17-24-19-27-20-30(35(42)38-34(27)36-21-24)37-33(25-11-5-3-6-12-25)26-13-7-4-8-14-26/h3-19,21-22,30H,20,23H2,1-2H3,(H,36,38,42)/b18-17+. The molecule has 1 unspecified atom stereocenters. The molecule has 0 aliphatic carbocycles. The maximum atomic E-state index is 13.0. The number of aromatic nitrogens is 2. The first-order chi connectivity index (χ1) is 20.5. The van der Waals surface area contributed by atoms with Gasteiger partial charge in [-0.25, -0.2) is 4.98 Å². The number of pyridine rings is 1. The van der Waals surface area contributed by atoms with Crippen LogP contribution in [0.4, 0.5) is 5.82 Å². The third-order valence-electron chi connectivity index (χ3n) is 7.51. The molecule has 0 radical (unpaired) electrons. The zero-order valence-electron chi connectivity index (χ0n) is 23.6. The predicted molar refractivity (Wildman–Crippen MR) is 167 cm³/mol. The van der Waals surface area contributed by atoms with Gasteiger partial charge in [0.15, 0.2) is 0 Å². The number of hydrogen-bond acceptors (Lipinski definition) is 4. The second-order valence-corrected chi connectivity index (χ2v) is 10.5. The Morgan fingerprint density at radius 3 is 2.40 bits per heavy atom. The molecule has 5 aromatic rings. The maximum absolute atomic E-state index is 13.0. The Balaban J connectivity index is 1.20. The van der Waals surface area contributed by atoms with Gasteiger partial charge < -0.3 is 14.8 Å². The summed E-state index contributed by atoms with van der Waals surface area (Å²) in [6.07, 6.45) is 7.47. The van der Waals surface area contributed by atoms with Crippen molar-refractivity contribution in [3.05, 3.63) is 137 Å². The molecule has 7 nitrogen and oxygen atoms in total. The van der Waals surface area contributed by atoms with E-state index in [1.165, 1.54) is 0 Å². The number of hydrogen-bond donors (Lipinski definition) is 1. The van der Waals surface area contributed by atoms with Gasteiger partial charge in [-0.3, -0.25) is 14.6 Å². The summed E-state index contributed by atoms with van der Waals surface area (Å²) in [4.78, 5) is 37.1. The number of amides is 2. The molecule has 2 aromatic heterocycles. The van der Waals surface area contributed by atoms with Gasteiger partial charge in [0, 0.05) is 67.6 Å². The lowest BCUT2D eigenvalue weighted by Crippen LogP contribution is -2.34. The van der Waals surface area contributed by atoms with Crippen LogP contribution in [0.1, 0.15) is 27.8 Å². The van der Waals surface area contributed by atoms with E-state index in [4.69, 9.17) is 4.99 Å². The van der Waals surface area contributed by atoms with Crippen molar-refractivity contribution in [2.45, 2.75) is 19.0 Å². The molecule has 1 atom stereocenters. The number of carbonyl (C=O) groups excluding carboxylic acids is 2. The largest absolute Gasteiger partial charge is 0.350 e. The molecule has 0 spiro atoms. The lowest BCUT2D eigenvalue weighted by atomic mass is 9.98. The number of nitrogens with zero attached hydrogens (tertiary/aromatic N) is 4. The summed E-state index contributed by atoms with van der Waals surface area (Å²) in [5.41, 5.74) is 6.56. The maximum Gasteiger partial charge on any atom is 0.250 e. The number of carbonyl (C=O) groups is 2. The van der Waals surface area contributed by atoms with E-state index >= 15 is 0 Å². The van der Waals surface area contributed by atoms with Crippen LogP contribution in [-0.4, -0.2) is 45.1 Å². The number of para-hydroxylation sites is 1. The Bertz CT molecular complexity index is 1780. The number of anilines is 1. The number of nitrogens with one attached hydrogen (secondary N) is 1. The van der Waals surface area contributed by atoms with Crippen LogP contribution in [0.2, 0.25) is 0 Å². The number of aliphatic imine (C=N–C) groups is 1. The summed E-state index contributed by atoms with van der Waals surface area (Å²) in [6, 6.07) is 29.3. The second-order valence-electron chi connectivity index (χ2n) is 10.5. The van der Waals surface area contributed by atoms with Gasteiger partial charge in [-0.05, 0) is 34.9 Å². The normalized spacial score (nSPS) is 14.4. The zero-order valence-corrected chi connectivity index (χ0v) is 23.6. The average Bonchev–Trinajstić information content (AvgIpc) is 3.34. The molecule has 0 saturated heterocycles. The topological polar surface area (TPSA) is 79.6 Å². The highest BCUT2D eigenvalue weighted by Crippen LogP contribution is 2.25. The molecule has 1 N–H and O–H groups in total. The van der Waals surface area contributed by atoms with Crippen LogP contribution < -0.4 is 5.32 Å². The first-order valence-electron chi connectivity index (χ1n) is 13.9. The second kappa shape index (κ2) is 11.7. The van der Waals surface area contributed by atoms with Crippen molar-refractivity contribution in [3.63, 3.8) is 0 Å². The summed E-state index contributed by atoms with van der Waals surface area (Å²) in [5, 5.41) is 4.06. The first kappa shape index (κ1) is 26.9. The number of likely N-dealkylation sites (N-methyl/N-ethyl adjacent to an activating group) is 1. The molecule has 6 rings (SSSR count). The van der Waals surface area contributed by atoms with Crippen molar-refractivity contribution in [2.75, 3.05) is 12.4 Å². The van der Waals surface area contributed by atoms with E-state index in [2.05, 4.69) is 33.2 Å². The Morgan fingerprint density at radius 1 is 1.02 bits per heavy atom. The molecule has 42 heavy (non-hydrogen) atoms. The van der Waals surface area contributed by atoms with Crippen LogP contribution in [0.5, 0.6) is 0 Å². The van der Waals surface area contributed by atoms with Gasteiger partial charge >= 0.3 is 0 Å². The fourth-order valence-electron chi connectivity index (χ4n) is 5.34. The summed E-state index contributed by atoms with van der Waals surface area (Å²) >= 11 is 0. The van der Waals surface area contributed by atoms with E-state index in [0.717, 1.165) is 44.4 Å². The number of aryl methyl sites for hydroxylation is 1. The summed E-state index contributed by atoms with van der Waals surface area (Å²) in [7, 11) is 3.81. The van der Waals surface area contributed by atoms with E-state index in [1.54, 1.807) is 30.3 Å². The molecule has 3 aromatic carbocycles. The Morgan fingerprint density at radius 2 is 1.69 bits per heavy atom. The minimum Gasteiger partial charge on any atom is -0.350 e. The molecule has 0 saturated carbocycles. The molecular formula is C35H31N5O2. The van der Waals surface area contributed by atoms with Crippen molar-refractivity contribution in [3.8, 4) is 0 Å². The predicted octanol–water partition coefficient (Wildman–Crippen LogP) is 5.65. The third kappa shape index (κ3) is 5.63. The molecule has 0 bridgehead atoms. The van der Waals surface area contributed by atoms with Crippen LogP contribution >= 0.6 is 0 Å². The summed E-state index contributed by atoms with van der Waals surface area (Å²) in [5.74, 6) is 0.240. The molecule has 1 aliphatic rings. The van der Waals surface area contributed by atoms with E-state index < -0.39 is 6.04 Å². The highest BCUT2D eigenvalue weighted by atomic mass is 16.2. The van der Waals surface area contributed by atoms with E-state index in [0.29, 0.717) is 18.8 Å². The Labute approximate surface area is 244 Å². The van der Waals surface area contributed by atoms with Gasteiger partial charge in [0.2, 0.25) is 5.91 Å². The molecule has 3 heterocycles. The molecule has 0 fully saturated rings. The average molecular weight is 554 g/mol. The van der Waals surface area contributed by atoms with Gasteiger partial charge in [0.05, 0.1) is 5.71 Å². The smallest absolute Gasteiger partial charge is 0.250 e. The Kier molecular flexibility index (Phi) is 7.47. The monoisotopic (exact) mass is 553 g/mol. The minimum atomic E-state index is -0.609. The number of benzene rings is 3. The molecule has 1 aliphatic heterocycles. The SMILES string of the molecule is CN(Cc1cn(C)c2ccccc12)C(=O)/C=C/c1cnc2c(c1)CC(N=C(c1ccccc1)c1ccccc1)C(=O)N2. The van der Waals surface area contributed by atoms with Crippen LogP contribution in [0.15, 0.2) is 114 Å². The lowest BCUT2D eigenvalue weighted by molar-refractivity contribution is -0.125. The highest BCUT2D eigenvalue weighted by Gasteiger charge is 2.27. The van der Waals surface area contributed by atoms with E-state index in [-0.39, 0.29) is 11.8 Å². The zero-order chi connectivity index (χ0) is 29.1. The van der Waals surface area contributed by atoms with Gasteiger partial charge in [-0.1, -0.05) is 78.9 Å².